The number of nitrogens with zero attached hydrogens (tertiary/aromatic N) is 1. The van der Waals surface area contributed by atoms with E-state index in [0.29, 0.717) is 24.3 Å². The minimum atomic E-state index is -0.253. The summed E-state index contributed by atoms with van der Waals surface area (Å²) in [6.45, 7) is 1.96. The molecule has 0 aliphatic rings. The monoisotopic (exact) mass is 287 g/mol. The zero-order valence-corrected chi connectivity index (χ0v) is 11.8. The minimum absolute atomic E-state index is 0.0922. The van der Waals surface area contributed by atoms with Gasteiger partial charge in [-0.1, -0.05) is 19.1 Å². The van der Waals surface area contributed by atoms with Crippen LogP contribution in [0.25, 0.3) is 0 Å². The first-order chi connectivity index (χ1) is 10.0. The van der Waals surface area contributed by atoms with Gasteiger partial charge in [0.05, 0.1) is 11.9 Å². The average molecular weight is 287 g/mol. The summed E-state index contributed by atoms with van der Waals surface area (Å²) in [5, 5.41) is 2.77. The number of anilines is 2. The molecule has 3 N–H and O–H groups in total. The van der Waals surface area contributed by atoms with E-state index in [1.807, 2.05) is 13.0 Å². The van der Waals surface area contributed by atoms with Crippen molar-refractivity contribution in [3.8, 4) is 0 Å². The normalized spacial score (nSPS) is 11.9. The Kier molecular flexibility index (Phi) is 4.87. The summed E-state index contributed by atoms with van der Waals surface area (Å²) in [5.41, 5.74) is 6.99. The zero-order valence-electron chi connectivity index (χ0n) is 11.8. The molecule has 4 nitrogen and oxygen atoms in total. The Hall–Kier alpha value is -2.43. The molecular weight excluding hydrogens is 269 g/mol. The predicted octanol–water partition coefficient (Wildman–Crippen LogP) is 3.01. The predicted molar refractivity (Wildman–Crippen MR) is 81.2 cm³/mol. The van der Waals surface area contributed by atoms with Crippen molar-refractivity contribution in [1.29, 1.82) is 0 Å². The van der Waals surface area contributed by atoms with Crippen LogP contribution < -0.4 is 11.1 Å². The molecule has 1 unspecified atom stereocenters. The number of rotatable bonds is 5. The molecule has 0 bridgehead atoms. The van der Waals surface area contributed by atoms with Crippen LogP contribution in [0.15, 0.2) is 42.6 Å². The summed E-state index contributed by atoms with van der Waals surface area (Å²) in [6, 6.07) is 9.79. The quantitative estimate of drug-likeness (QED) is 0.888. The Morgan fingerprint density at radius 1 is 1.38 bits per heavy atom. The molecule has 0 saturated heterocycles. The van der Waals surface area contributed by atoms with E-state index in [-0.39, 0.29) is 17.6 Å². The Morgan fingerprint density at radius 3 is 2.86 bits per heavy atom. The number of carbonyl (C=O) groups excluding carboxylic acids is 1. The molecule has 1 aromatic heterocycles. The number of amides is 1. The van der Waals surface area contributed by atoms with Crippen LogP contribution in [-0.4, -0.2) is 10.9 Å². The van der Waals surface area contributed by atoms with Crippen LogP contribution in [-0.2, 0) is 11.2 Å². The van der Waals surface area contributed by atoms with E-state index >= 15 is 0 Å². The largest absolute Gasteiger partial charge is 0.384 e. The first-order valence-corrected chi connectivity index (χ1v) is 6.79. The SMILES string of the molecule is CC(CC(=O)Nc1ccc(N)nc1)Cc1cccc(F)c1. The van der Waals surface area contributed by atoms with Crippen LogP contribution in [0.4, 0.5) is 15.9 Å². The van der Waals surface area contributed by atoms with Crippen LogP contribution in [0.3, 0.4) is 0 Å². The van der Waals surface area contributed by atoms with Crippen LogP contribution in [0.1, 0.15) is 18.9 Å². The van der Waals surface area contributed by atoms with Crippen molar-refractivity contribution in [2.24, 2.45) is 5.92 Å². The third-order valence-corrected chi connectivity index (χ3v) is 3.08. The number of pyridine rings is 1. The number of nitrogen functional groups attached to an aromatic ring is 1. The van der Waals surface area contributed by atoms with Gasteiger partial charge in [0.25, 0.3) is 0 Å². The van der Waals surface area contributed by atoms with Crippen molar-refractivity contribution in [3.63, 3.8) is 0 Å². The molecule has 1 aromatic carbocycles. The maximum Gasteiger partial charge on any atom is 0.224 e. The lowest BCUT2D eigenvalue weighted by molar-refractivity contribution is -0.116. The summed E-state index contributed by atoms with van der Waals surface area (Å²) in [5.74, 6) is 0.184. The molecule has 2 aromatic rings. The Morgan fingerprint density at radius 2 is 2.19 bits per heavy atom. The molecule has 21 heavy (non-hydrogen) atoms. The van der Waals surface area contributed by atoms with Gasteiger partial charge in [-0.2, -0.15) is 0 Å². The lowest BCUT2D eigenvalue weighted by Gasteiger charge is -2.12. The summed E-state index contributed by atoms with van der Waals surface area (Å²) in [7, 11) is 0. The topological polar surface area (TPSA) is 68.0 Å². The summed E-state index contributed by atoms with van der Waals surface area (Å²) >= 11 is 0. The van der Waals surface area contributed by atoms with Gasteiger partial charge in [-0.15, -0.1) is 0 Å². The average Bonchev–Trinajstić information content (AvgIpc) is 2.41. The van der Waals surface area contributed by atoms with Crippen LogP contribution in [0, 0.1) is 11.7 Å². The second kappa shape index (κ2) is 6.83. The van der Waals surface area contributed by atoms with Crippen LogP contribution in [0.2, 0.25) is 0 Å². The van der Waals surface area contributed by atoms with Crippen molar-refractivity contribution >= 4 is 17.4 Å². The van der Waals surface area contributed by atoms with E-state index < -0.39 is 0 Å². The molecule has 5 heteroatoms. The molecule has 0 spiro atoms. The standard InChI is InChI=1S/C16H18FN3O/c1-11(7-12-3-2-4-13(17)9-12)8-16(21)20-14-5-6-15(18)19-10-14/h2-6,9-11H,7-8H2,1H3,(H2,18,19)(H,20,21). The fourth-order valence-corrected chi connectivity index (χ4v) is 2.15. The molecule has 1 atom stereocenters. The highest BCUT2D eigenvalue weighted by Crippen LogP contribution is 2.15. The van der Waals surface area contributed by atoms with E-state index in [0.717, 1.165) is 5.56 Å². The molecule has 0 fully saturated rings. The van der Waals surface area contributed by atoms with Crippen molar-refractivity contribution in [2.45, 2.75) is 19.8 Å². The van der Waals surface area contributed by atoms with Gasteiger partial charge >= 0.3 is 0 Å². The fraction of sp³-hybridized carbons (Fsp3) is 0.250. The van der Waals surface area contributed by atoms with Gasteiger partial charge in [0.15, 0.2) is 0 Å². The van der Waals surface area contributed by atoms with E-state index in [1.54, 1.807) is 18.2 Å². The number of aromatic nitrogens is 1. The first kappa shape index (κ1) is 15.0. The van der Waals surface area contributed by atoms with Crippen molar-refractivity contribution in [1.82, 2.24) is 4.98 Å². The maximum absolute atomic E-state index is 13.1. The van der Waals surface area contributed by atoms with Crippen LogP contribution >= 0.6 is 0 Å². The molecule has 1 amide bonds. The van der Waals surface area contributed by atoms with Gasteiger partial charge in [0.2, 0.25) is 5.91 Å². The molecule has 0 aliphatic carbocycles. The second-order valence-electron chi connectivity index (χ2n) is 5.16. The van der Waals surface area contributed by atoms with Crippen molar-refractivity contribution in [2.75, 3.05) is 11.1 Å². The number of hydrogen-bond donors (Lipinski definition) is 2. The molecule has 1 heterocycles. The third kappa shape index (κ3) is 4.87. The van der Waals surface area contributed by atoms with Crippen molar-refractivity contribution < 1.29 is 9.18 Å². The third-order valence-electron chi connectivity index (χ3n) is 3.08. The smallest absolute Gasteiger partial charge is 0.224 e. The number of nitrogens with two attached hydrogens (primary N) is 1. The highest BCUT2D eigenvalue weighted by atomic mass is 19.1. The van der Waals surface area contributed by atoms with Gasteiger partial charge in [-0.3, -0.25) is 4.79 Å². The van der Waals surface area contributed by atoms with E-state index in [9.17, 15) is 9.18 Å². The molecule has 0 radical (unpaired) electrons. The highest BCUT2D eigenvalue weighted by molar-refractivity contribution is 5.90. The number of hydrogen-bond acceptors (Lipinski definition) is 3. The van der Waals surface area contributed by atoms with Crippen LogP contribution in [0.5, 0.6) is 0 Å². The highest BCUT2D eigenvalue weighted by Gasteiger charge is 2.11. The summed E-state index contributed by atoms with van der Waals surface area (Å²) < 4.78 is 13.1. The van der Waals surface area contributed by atoms with Gasteiger partial charge in [-0.25, -0.2) is 9.37 Å². The fourth-order valence-electron chi connectivity index (χ4n) is 2.15. The summed E-state index contributed by atoms with van der Waals surface area (Å²) in [4.78, 5) is 15.8. The lowest BCUT2D eigenvalue weighted by atomic mass is 9.98. The first-order valence-electron chi connectivity index (χ1n) is 6.79. The molecule has 0 aliphatic heterocycles. The summed E-state index contributed by atoms with van der Waals surface area (Å²) in [6.07, 6.45) is 2.54. The molecule has 2 rings (SSSR count). The van der Waals surface area contributed by atoms with Gasteiger partial charge in [0, 0.05) is 6.42 Å². The molecule has 110 valence electrons. The van der Waals surface area contributed by atoms with Crippen molar-refractivity contribution in [3.05, 3.63) is 54.0 Å². The number of benzene rings is 1. The minimum Gasteiger partial charge on any atom is -0.384 e. The van der Waals surface area contributed by atoms with Gasteiger partial charge in [-0.05, 0) is 42.2 Å². The maximum atomic E-state index is 13.1. The Balaban J connectivity index is 1.86. The van der Waals surface area contributed by atoms with E-state index in [4.69, 9.17) is 5.73 Å². The lowest BCUT2D eigenvalue weighted by Crippen LogP contribution is -2.16. The number of halogens is 1. The zero-order chi connectivity index (χ0) is 15.2. The number of carbonyl (C=O) groups is 1. The second-order valence-corrected chi connectivity index (χ2v) is 5.16. The van der Waals surface area contributed by atoms with E-state index in [1.165, 1.54) is 18.3 Å². The molecular formula is C16H18FN3O. The van der Waals surface area contributed by atoms with Gasteiger partial charge < -0.3 is 11.1 Å². The van der Waals surface area contributed by atoms with Gasteiger partial charge in [0.1, 0.15) is 11.6 Å². The molecule has 0 saturated carbocycles. The van der Waals surface area contributed by atoms with E-state index in [2.05, 4.69) is 10.3 Å². The number of nitrogens with one attached hydrogen (secondary N) is 1. The Bertz CT molecular complexity index is 613. The Labute approximate surface area is 123 Å².